The van der Waals surface area contributed by atoms with Gasteiger partial charge in [0.1, 0.15) is 0 Å². The zero-order valence-corrected chi connectivity index (χ0v) is 17.9. The molecular weight excluding hydrogens is 368 g/mol. The summed E-state index contributed by atoms with van der Waals surface area (Å²) in [5, 5.41) is 7.66. The number of rotatable bonds is 5. The first kappa shape index (κ1) is 19.5. The summed E-state index contributed by atoms with van der Waals surface area (Å²) in [5.41, 5.74) is 3.90. The quantitative estimate of drug-likeness (QED) is 0.779. The average Bonchev–Trinajstić information content (AvgIpc) is 3.01. The number of fused-ring (bicyclic) bond motifs is 3. The predicted molar refractivity (Wildman–Crippen MR) is 115 cm³/mol. The van der Waals surface area contributed by atoms with E-state index in [1.165, 1.54) is 30.0 Å². The maximum Gasteiger partial charge on any atom is 0.272 e. The van der Waals surface area contributed by atoms with Crippen molar-refractivity contribution in [3.05, 3.63) is 35.5 Å². The van der Waals surface area contributed by atoms with Crippen molar-refractivity contribution in [3.8, 4) is 11.3 Å². The Hall–Kier alpha value is -1.79. The monoisotopic (exact) mass is 398 g/mol. The van der Waals surface area contributed by atoms with Crippen LogP contribution in [0.3, 0.4) is 0 Å². The number of nitrogens with zero attached hydrogens (tertiary/aromatic N) is 3. The van der Waals surface area contributed by atoms with Crippen molar-refractivity contribution in [1.29, 1.82) is 0 Å². The molecule has 28 heavy (non-hydrogen) atoms. The topological polar surface area (TPSA) is 50.2 Å². The van der Waals surface area contributed by atoms with Crippen LogP contribution < -0.4 is 5.32 Å². The molecule has 1 aromatic heterocycles. The molecular formula is C22H30N4OS. The van der Waals surface area contributed by atoms with Crippen LogP contribution in [0.1, 0.15) is 42.7 Å². The Labute approximate surface area is 171 Å². The summed E-state index contributed by atoms with van der Waals surface area (Å²) in [6.07, 6.45) is 2.32. The number of piperidine rings is 1. The van der Waals surface area contributed by atoms with Gasteiger partial charge in [-0.05, 0) is 37.3 Å². The van der Waals surface area contributed by atoms with Gasteiger partial charge in [-0.2, -0.15) is 5.10 Å². The van der Waals surface area contributed by atoms with Gasteiger partial charge in [0.05, 0.1) is 5.69 Å². The summed E-state index contributed by atoms with van der Waals surface area (Å²) < 4.78 is 1.86. The normalized spacial score (nSPS) is 21.8. The molecule has 0 spiro atoms. The maximum absolute atomic E-state index is 12.8. The van der Waals surface area contributed by atoms with Crippen LogP contribution in [-0.4, -0.2) is 46.8 Å². The summed E-state index contributed by atoms with van der Waals surface area (Å²) in [4.78, 5) is 16.6. The van der Waals surface area contributed by atoms with Crippen LogP contribution in [-0.2, 0) is 12.8 Å². The Kier molecular flexibility index (Phi) is 5.78. The third-order valence-corrected chi connectivity index (χ3v) is 6.86. The number of aryl methyl sites for hydroxylation is 1. The van der Waals surface area contributed by atoms with Crippen LogP contribution in [0, 0.1) is 11.8 Å². The Morgan fingerprint density at radius 2 is 2.00 bits per heavy atom. The highest BCUT2D eigenvalue weighted by Gasteiger charge is 2.27. The Morgan fingerprint density at radius 3 is 2.79 bits per heavy atom. The molecule has 0 bridgehead atoms. The second kappa shape index (κ2) is 8.29. The number of hydrogen-bond donors (Lipinski definition) is 1. The van der Waals surface area contributed by atoms with Crippen LogP contribution in [0.2, 0.25) is 0 Å². The molecule has 2 aliphatic rings. The zero-order chi connectivity index (χ0) is 19.7. The van der Waals surface area contributed by atoms with Crippen molar-refractivity contribution in [2.75, 3.05) is 26.2 Å². The molecule has 0 aliphatic carbocycles. The lowest BCUT2D eigenvalue weighted by molar-refractivity contribution is 0.0941. The van der Waals surface area contributed by atoms with Crippen molar-refractivity contribution in [2.24, 2.45) is 18.9 Å². The van der Waals surface area contributed by atoms with Crippen molar-refractivity contribution in [1.82, 2.24) is 20.0 Å². The predicted octanol–water partition coefficient (Wildman–Crippen LogP) is 3.79. The highest BCUT2D eigenvalue weighted by molar-refractivity contribution is 7.98. The molecule has 1 aromatic carbocycles. The molecule has 1 fully saturated rings. The van der Waals surface area contributed by atoms with Gasteiger partial charge in [0.2, 0.25) is 0 Å². The molecule has 3 heterocycles. The Morgan fingerprint density at radius 1 is 1.25 bits per heavy atom. The van der Waals surface area contributed by atoms with Crippen molar-refractivity contribution in [2.45, 2.75) is 37.3 Å². The molecule has 0 radical (unpaired) electrons. The van der Waals surface area contributed by atoms with Crippen LogP contribution >= 0.6 is 11.8 Å². The molecule has 1 saturated heterocycles. The summed E-state index contributed by atoms with van der Waals surface area (Å²) in [5.74, 6) is 2.31. The first-order valence-electron chi connectivity index (χ1n) is 10.3. The molecule has 150 valence electrons. The highest BCUT2D eigenvalue weighted by Crippen LogP contribution is 2.42. The van der Waals surface area contributed by atoms with Gasteiger partial charge in [0, 0.05) is 48.5 Å². The van der Waals surface area contributed by atoms with E-state index in [9.17, 15) is 4.79 Å². The van der Waals surface area contributed by atoms with E-state index < -0.39 is 0 Å². The first-order chi connectivity index (χ1) is 13.5. The van der Waals surface area contributed by atoms with Crippen LogP contribution in [0.25, 0.3) is 11.3 Å². The standard InChI is InChI=1S/C22H30N4OS/c1-15-11-16(2)13-26(12-15)10-6-9-23-22(27)20-18-14-28-19-8-5-4-7-17(19)21(18)25(3)24-20/h4-5,7-8,15-16H,6,9-14H2,1-3H3,(H,23,27)/t15-,16-/m1/s1. The smallest absolute Gasteiger partial charge is 0.272 e. The van der Waals surface area contributed by atoms with Gasteiger partial charge in [0.15, 0.2) is 5.69 Å². The van der Waals surface area contributed by atoms with Gasteiger partial charge in [-0.15, -0.1) is 11.8 Å². The third-order valence-electron chi connectivity index (χ3n) is 5.76. The van der Waals surface area contributed by atoms with E-state index in [-0.39, 0.29) is 5.91 Å². The molecule has 2 aliphatic heterocycles. The van der Waals surface area contributed by atoms with Crippen molar-refractivity contribution in [3.63, 3.8) is 0 Å². The number of aromatic nitrogens is 2. The summed E-state index contributed by atoms with van der Waals surface area (Å²) >= 11 is 1.78. The number of hydrogen-bond acceptors (Lipinski definition) is 4. The van der Waals surface area contributed by atoms with Crippen molar-refractivity contribution < 1.29 is 4.79 Å². The van der Waals surface area contributed by atoms with E-state index in [0.717, 1.165) is 41.8 Å². The lowest BCUT2D eigenvalue weighted by Gasteiger charge is -2.34. The van der Waals surface area contributed by atoms with Crippen LogP contribution in [0.5, 0.6) is 0 Å². The fourth-order valence-electron chi connectivity index (χ4n) is 4.72. The molecule has 1 N–H and O–H groups in total. The fraction of sp³-hybridized carbons (Fsp3) is 0.545. The fourth-order valence-corrected chi connectivity index (χ4v) is 5.79. The minimum absolute atomic E-state index is 0.0442. The van der Waals surface area contributed by atoms with E-state index in [0.29, 0.717) is 12.2 Å². The highest BCUT2D eigenvalue weighted by atomic mass is 32.2. The van der Waals surface area contributed by atoms with Crippen LogP contribution in [0.15, 0.2) is 29.2 Å². The number of nitrogens with one attached hydrogen (secondary N) is 1. The second-order valence-electron chi connectivity index (χ2n) is 8.40. The largest absolute Gasteiger partial charge is 0.351 e. The van der Waals surface area contributed by atoms with Crippen molar-refractivity contribution >= 4 is 17.7 Å². The molecule has 1 amide bonds. The lowest BCUT2D eigenvalue weighted by Crippen LogP contribution is -2.40. The number of amides is 1. The Bertz CT molecular complexity index is 852. The van der Waals surface area contributed by atoms with Crippen LogP contribution in [0.4, 0.5) is 0 Å². The van der Waals surface area contributed by atoms with E-state index >= 15 is 0 Å². The molecule has 2 atom stereocenters. The molecule has 0 saturated carbocycles. The molecule has 4 rings (SSSR count). The third kappa shape index (κ3) is 3.98. The van der Waals surface area contributed by atoms with E-state index in [4.69, 9.17) is 0 Å². The molecule has 5 nitrogen and oxygen atoms in total. The van der Waals surface area contributed by atoms with Gasteiger partial charge >= 0.3 is 0 Å². The number of thioether (sulfide) groups is 1. The number of benzene rings is 1. The van der Waals surface area contributed by atoms with Gasteiger partial charge in [-0.1, -0.05) is 32.0 Å². The van der Waals surface area contributed by atoms with Gasteiger partial charge in [0.25, 0.3) is 5.91 Å². The molecule has 0 unspecified atom stereocenters. The number of likely N-dealkylation sites (tertiary alicyclic amines) is 1. The summed E-state index contributed by atoms with van der Waals surface area (Å²) in [7, 11) is 1.93. The van der Waals surface area contributed by atoms with E-state index in [1.54, 1.807) is 11.8 Å². The minimum Gasteiger partial charge on any atom is -0.351 e. The van der Waals surface area contributed by atoms with Gasteiger partial charge in [-0.3, -0.25) is 9.48 Å². The average molecular weight is 399 g/mol. The summed E-state index contributed by atoms with van der Waals surface area (Å²) in [6.45, 7) is 8.80. The number of carbonyl (C=O) groups excluding carboxylic acids is 1. The molecule has 6 heteroatoms. The lowest BCUT2D eigenvalue weighted by atomic mass is 9.92. The zero-order valence-electron chi connectivity index (χ0n) is 17.1. The first-order valence-corrected chi connectivity index (χ1v) is 11.3. The van der Waals surface area contributed by atoms with E-state index in [2.05, 4.69) is 47.4 Å². The number of carbonyl (C=O) groups is 1. The van der Waals surface area contributed by atoms with E-state index in [1.807, 2.05) is 17.8 Å². The van der Waals surface area contributed by atoms with Gasteiger partial charge in [-0.25, -0.2) is 0 Å². The maximum atomic E-state index is 12.8. The summed E-state index contributed by atoms with van der Waals surface area (Å²) in [6, 6.07) is 8.36. The Balaban J connectivity index is 1.36. The SMILES string of the molecule is C[C@@H]1C[C@@H](C)CN(CCCNC(=O)c2nn(C)c3c2CSc2ccccc2-3)C1. The molecule has 2 aromatic rings. The van der Waals surface area contributed by atoms with Gasteiger partial charge < -0.3 is 10.2 Å². The second-order valence-corrected chi connectivity index (χ2v) is 9.42. The minimum atomic E-state index is -0.0442.